The van der Waals surface area contributed by atoms with Crippen LogP contribution < -0.4 is 10.5 Å². The fourth-order valence-electron chi connectivity index (χ4n) is 1.81. The largest absolute Gasteiger partial charge is 0.496 e. The summed E-state index contributed by atoms with van der Waals surface area (Å²) in [6.07, 6.45) is 0. The summed E-state index contributed by atoms with van der Waals surface area (Å²) in [6.45, 7) is 3.86. The summed E-state index contributed by atoms with van der Waals surface area (Å²) >= 11 is 1.60. The van der Waals surface area contributed by atoms with Gasteiger partial charge in [-0.05, 0) is 31.4 Å². The summed E-state index contributed by atoms with van der Waals surface area (Å²) in [5.41, 5.74) is 7.25. The molecule has 1 atom stereocenters. The standard InChI is InChI=1S/C12H15NO2S/c1-7-6-9(8(2)15-7)11(13)12-10(14-3)4-5-16-12/h4-6,11H,13H2,1-3H3. The van der Waals surface area contributed by atoms with Crippen LogP contribution in [0, 0.1) is 13.8 Å². The monoisotopic (exact) mass is 237 g/mol. The molecule has 2 rings (SSSR count). The van der Waals surface area contributed by atoms with Crippen LogP contribution in [0.15, 0.2) is 21.9 Å². The van der Waals surface area contributed by atoms with E-state index < -0.39 is 0 Å². The molecule has 1 unspecified atom stereocenters. The SMILES string of the molecule is COc1ccsc1C(N)c1cc(C)oc1C. The van der Waals surface area contributed by atoms with Crippen molar-refractivity contribution in [3.63, 3.8) is 0 Å². The molecule has 2 aromatic rings. The summed E-state index contributed by atoms with van der Waals surface area (Å²) in [6, 6.07) is 3.74. The van der Waals surface area contributed by atoms with Gasteiger partial charge in [0.2, 0.25) is 0 Å². The predicted molar refractivity (Wildman–Crippen MR) is 65.1 cm³/mol. The van der Waals surface area contributed by atoms with Crippen LogP contribution in [0.4, 0.5) is 0 Å². The van der Waals surface area contributed by atoms with Gasteiger partial charge in [0, 0.05) is 5.56 Å². The van der Waals surface area contributed by atoms with Crippen molar-refractivity contribution in [2.24, 2.45) is 5.73 Å². The first kappa shape index (κ1) is 11.2. The summed E-state index contributed by atoms with van der Waals surface area (Å²) in [7, 11) is 1.66. The molecule has 0 aliphatic rings. The van der Waals surface area contributed by atoms with Crippen LogP contribution in [0.25, 0.3) is 0 Å². The van der Waals surface area contributed by atoms with Gasteiger partial charge >= 0.3 is 0 Å². The molecular weight excluding hydrogens is 222 g/mol. The first-order valence-electron chi connectivity index (χ1n) is 5.07. The molecule has 2 heterocycles. The first-order valence-corrected chi connectivity index (χ1v) is 5.95. The van der Waals surface area contributed by atoms with Crippen LogP contribution in [0.2, 0.25) is 0 Å². The molecule has 16 heavy (non-hydrogen) atoms. The molecule has 0 aliphatic carbocycles. The molecule has 0 saturated heterocycles. The average Bonchev–Trinajstić information content (AvgIpc) is 2.83. The van der Waals surface area contributed by atoms with Crippen molar-refractivity contribution < 1.29 is 9.15 Å². The van der Waals surface area contributed by atoms with Gasteiger partial charge in [0.05, 0.1) is 18.0 Å². The summed E-state index contributed by atoms with van der Waals surface area (Å²) < 4.78 is 10.8. The number of hydrogen-bond donors (Lipinski definition) is 1. The number of hydrogen-bond acceptors (Lipinski definition) is 4. The number of furan rings is 1. The van der Waals surface area contributed by atoms with Crippen molar-refractivity contribution in [1.82, 2.24) is 0 Å². The van der Waals surface area contributed by atoms with Crippen LogP contribution in [-0.2, 0) is 0 Å². The maximum Gasteiger partial charge on any atom is 0.134 e. The van der Waals surface area contributed by atoms with E-state index in [0.29, 0.717) is 0 Å². The lowest BCUT2D eigenvalue weighted by atomic mass is 10.1. The van der Waals surface area contributed by atoms with E-state index in [1.54, 1.807) is 18.4 Å². The Balaban J connectivity index is 2.38. The second kappa shape index (κ2) is 4.31. The third kappa shape index (κ3) is 1.86. The van der Waals surface area contributed by atoms with Gasteiger partial charge in [-0.2, -0.15) is 0 Å². The Kier molecular flexibility index (Phi) is 3.03. The molecule has 4 heteroatoms. The Morgan fingerprint density at radius 2 is 2.19 bits per heavy atom. The molecule has 0 bridgehead atoms. The third-order valence-electron chi connectivity index (χ3n) is 2.57. The lowest BCUT2D eigenvalue weighted by Gasteiger charge is -2.10. The van der Waals surface area contributed by atoms with Crippen molar-refractivity contribution >= 4 is 11.3 Å². The minimum absolute atomic E-state index is 0.174. The predicted octanol–water partition coefficient (Wildman–Crippen LogP) is 3.01. The Morgan fingerprint density at radius 1 is 1.44 bits per heavy atom. The summed E-state index contributed by atoms with van der Waals surface area (Å²) in [5.74, 6) is 2.61. The zero-order valence-electron chi connectivity index (χ0n) is 9.61. The third-order valence-corrected chi connectivity index (χ3v) is 3.56. The first-order chi connectivity index (χ1) is 7.63. The molecular formula is C12H15NO2S. The minimum Gasteiger partial charge on any atom is -0.496 e. The number of ether oxygens (including phenoxy) is 1. The topological polar surface area (TPSA) is 48.4 Å². The van der Waals surface area contributed by atoms with Gasteiger partial charge in [0.25, 0.3) is 0 Å². The van der Waals surface area contributed by atoms with Crippen LogP contribution in [0.5, 0.6) is 5.75 Å². The molecule has 0 radical (unpaired) electrons. The molecule has 2 N–H and O–H groups in total. The molecule has 0 amide bonds. The van der Waals surface area contributed by atoms with Crippen LogP contribution in [-0.4, -0.2) is 7.11 Å². The number of thiophene rings is 1. The van der Waals surface area contributed by atoms with E-state index in [0.717, 1.165) is 27.7 Å². The van der Waals surface area contributed by atoms with Gasteiger partial charge in [-0.3, -0.25) is 0 Å². The Hall–Kier alpha value is -1.26. The fourth-order valence-corrected chi connectivity index (χ4v) is 2.68. The Morgan fingerprint density at radius 3 is 2.75 bits per heavy atom. The Bertz CT molecular complexity index is 487. The van der Waals surface area contributed by atoms with E-state index >= 15 is 0 Å². The lowest BCUT2D eigenvalue weighted by Crippen LogP contribution is -2.11. The van der Waals surface area contributed by atoms with Crippen LogP contribution >= 0.6 is 11.3 Å². The van der Waals surface area contributed by atoms with Crippen molar-refractivity contribution in [2.45, 2.75) is 19.9 Å². The molecule has 0 aliphatic heterocycles. The highest BCUT2D eigenvalue weighted by molar-refractivity contribution is 7.10. The normalized spacial score (nSPS) is 12.8. The van der Waals surface area contributed by atoms with Crippen LogP contribution in [0.1, 0.15) is 28.0 Å². The fraction of sp³-hybridized carbons (Fsp3) is 0.333. The lowest BCUT2D eigenvalue weighted by molar-refractivity contribution is 0.410. The maximum atomic E-state index is 6.22. The number of aryl methyl sites for hydroxylation is 2. The second-order valence-corrected chi connectivity index (χ2v) is 4.65. The number of methoxy groups -OCH3 is 1. The highest BCUT2D eigenvalue weighted by Crippen LogP contribution is 2.35. The van der Waals surface area contributed by atoms with E-state index in [9.17, 15) is 0 Å². The van der Waals surface area contributed by atoms with E-state index in [1.165, 1.54) is 0 Å². The van der Waals surface area contributed by atoms with Crippen molar-refractivity contribution in [3.05, 3.63) is 39.5 Å². The van der Waals surface area contributed by atoms with E-state index in [4.69, 9.17) is 14.9 Å². The van der Waals surface area contributed by atoms with E-state index in [2.05, 4.69) is 0 Å². The van der Waals surface area contributed by atoms with Gasteiger partial charge in [-0.15, -0.1) is 11.3 Å². The summed E-state index contributed by atoms with van der Waals surface area (Å²) in [5, 5.41) is 1.98. The second-order valence-electron chi connectivity index (χ2n) is 3.70. The van der Waals surface area contributed by atoms with Crippen molar-refractivity contribution in [2.75, 3.05) is 7.11 Å². The number of rotatable bonds is 3. The Labute approximate surface area is 98.8 Å². The molecule has 2 aromatic heterocycles. The van der Waals surface area contributed by atoms with E-state index in [-0.39, 0.29) is 6.04 Å². The molecule has 0 saturated carbocycles. The van der Waals surface area contributed by atoms with Gasteiger partial charge in [-0.25, -0.2) is 0 Å². The van der Waals surface area contributed by atoms with E-state index in [1.807, 2.05) is 31.4 Å². The minimum atomic E-state index is -0.174. The quantitative estimate of drug-likeness (QED) is 0.892. The maximum absolute atomic E-state index is 6.22. The molecule has 86 valence electrons. The highest BCUT2D eigenvalue weighted by Gasteiger charge is 2.19. The smallest absolute Gasteiger partial charge is 0.134 e. The zero-order chi connectivity index (χ0) is 11.7. The number of nitrogens with two attached hydrogens (primary N) is 1. The molecule has 0 spiro atoms. The molecule has 0 fully saturated rings. The van der Waals surface area contributed by atoms with Crippen LogP contribution in [0.3, 0.4) is 0 Å². The van der Waals surface area contributed by atoms with Gasteiger partial charge in [-0.1, -0.05) is 0 Å². The van der Waals surface area contributed by atoms with Crippen molar-refractivity contribution in [3.8, 4) is 5.75 Å². The van der Waals surface area contributed by atoms with Gasteiger partial charge in [0.15, 0.2) is 0 Å². The van der Waals surface area contributed by atoms with Gasteiger partial charge in [0.1, 0.15) is 17.3 Å². The highest BCUT2D eigenvalue weighted by atomic mass is 32.1. The van der Waals surface area contributed by atoms with Gasteiger partial charge < -0.3 is 14.9 Å². The average molecular weight is 237 g/mol. The zero-order valence-corrected chi connectivity index (χ0v) is 10.4. The summed E-state index contributed by atoms with van der Waals surface area (Å²) in [4.78, 5) is 1.03. The molecule has 0 aromatic carbocycles. The molecule has 3 nitrogen and oxygen atoms in total. The van der Waals surface area contributed by atoms with Crippen molar-refractivity contribution in [1.29, 1.82) is 0 Å².